The van der Waals surface area contributed by atoms with Crippen LogP contribution in [0.3, 0.4) is 0 Å². The normalized spacial score (nSPS) is 16.6. The van der Waals surface area contributed by atoms with Crippen molar-refractivity contribution in [2.24, 2.45) is 0 Å². The molecule has 1 fully saturated rings. The van der Waals surface area contributed by atoms with E-state index < -0.39 is 11.6 Å². The Labute approximate surface area is 139 Å². The third kappa shape index (κ3) is 3.81. The second-order valence-corrected chi connectivity index (χ2v) is 5.69. The lowest BCUT2D eigenvalue weighted by atomic mass is 10.1. The van der Waals surface area contributed by atoms with E-state index in [1.54, 1.807) is 12.1 Å². The first kappa shape index (κ1) is 16.2. The molecule has 3 rings (SSSR count). The Morgan fingerprint density at radius 1 is 1.21 bits per heavy atom. The standard InChI is InChI=1S/C18H17F2N3O/c19-16-4-3-14(23-15-5-6-22-10-15)8-18(16)24-11-13-2-1-12(9-21)7-17(13)20/h1-4,7-8,15,22-23H,5-6,10-11H2/t15-/m1/s1. The van der Waals surface area contributed by atoms with Crippen LogP contribution >= 0.6 is 0 Å². The van der Waals surface area contributed by atoms with E-state index in [9.17, 15) is 8.78 Å². The highest BCUT2D eigenvalue weighted by Gasteiger charge is 2.15. The molecule has 1 heterocycles. The van der Waals surface area contributed by atoms with E-state index in [2.05, 4.69) is 10.6 Å². The summed E-state index contributed by atoms with van der Waals surface area (Å²) in [6, 6.07) is 10.8. The lowest BCUT2D eigenvalue weighted by Gasteiger charge is -2.15. The molecule has 0 aromatic heterocycles. The van der Waals surface area contributed by atoms with Crippen molar-refractivity contribution < 1.29 is 13.5 Å². The maximum Gasteiger partial charge on any atom is 0.165 e. The molecule has 0 aliphatic carbocycles. The van der Waals surface area contributed by atoms with Crippen molar-refractivity contribution in [3.63, 3.8) is 0 Å². The Kier molecular flexibility index (Phi) is 4.92. The highest BCUT2D eigenvalue weighted by molar-refractivity contribution is 5.49. The largest absolute Gasteiger partial charge is 0.486 e. The fraction of sp³-hybridized carbons (Fsp3) is 0.278. The van der Waals surface area contributed by atoms with Crippen molar-refractivity contribution in [1.82, 2.24) is 5.32 Å². The summed E-state index contributed by atoms with van der Waals surface area (Å²) in [6.07, 6.45) is 1.00. The quantitative estimate of drug-likeness (QED) is 0.884. The van der Waals surface area contributed by atoms with E-state index in [4.69, 9.17) is 10.00 Å². The zero-order valence-corrected chi connectivity index (χ0v) is 13.0. The molecular formula is C18H17F2N3O. The molecule has 0 radical (unpaired) electrons. The van der Waals surface area contributed by atoms with Crippen LogP contribution < -0.4 is 15.4 Å². The molecule has 2 aromatic rings. The maximum absolute atomic E-state index is 13.9. The number of anilines is 1. The van der Waals surface area contributed by atoms with Gasteiger partial charge in [-0.3, -0.25) is 0 Å². The van der Waals surface area contributed by atoms with Gasteiger partial charge in [0.05, 0.1) is 11.6 Å². The molecule has 0 spiro atoms. The highest BCUT2D eigenvalue weighted by Crippen LogP contribution is 2.24. The van der Waals surface area contributed by atoms with Crippen LogP contribution in [0.15, 0.2) is 36.4 Å². The minimum atomic E-state index is -0.541. The number of benzene rings is 2. The number of nitriles is 1. The maximum atomic E-state index is 13.9. The first-order valence-electron chi connectivity index (χ1n) is 7.74. The van der Waals surface area contributed by atoms with Gasteiger partial charge in [0.25, 0.3) is 0 Å². The van der Waals surface area contributed by atoms with Gasteiger partial charge >= 0.3 is 0 Å². The van der Waals surface area contributed by atoms with E-state index in [1.165, 1.54) is 18.2 Å². The third-order valence-corrected chi connectivity index (χ3v) is 3.93. The summed E-state index contributed by atoms with van der Waals surface area (Å²) in [7, 11) is 0. The van der Waals surface area contributed by atoms with Gasteiger partial charge in [0.2, 0.25) is 0 Å². The molecule has 1 atom stereocenters. The van der Waals surface area contributed by atoms with Crippen molar-refractivity contribution in [3.05, 3.63) is 59.2 Å². The van der Waals surface area contributed by atoms with Gasteiger partial charge in [0.15, 0.2) is 11.6 Å². The average Bonchev–Trinajstić information content (AvgIpc) is 3.09. The molecule has 24 heavy (non-hydrogen) atoms. The Balaban J connectivity index is 1.69. The summed E-state index contributed by atoms with van der Waals surface area (Å²) >= 11 is 0. The van der Waals surface area contributed by atoms with Gasteiger partial charge in [0, 0.05) is 29.9 Å². The smallest absolute Gasteiger partial charge is 0.165 e. The second kappa shape index (κ2) is 7.28. The van der Waals surface area contributed by atoms with Crippen LogP contribution in [0, 0.1) is 23.0 Å². The third-order valence-electron chi connectivity index (χ3n) is 3.93. The molecule has 6 heteroatoms. The molecule has 1 saturated heterocycles. The molecule has 0 unspecified atom stereocenters. The van der Waals surface area contributed by atoms with E-state index in [0.717, 1.165) is 31.3 Å². The fourth-order valence-electron chi connectivity index (χ4n) is 2.61. The van der Waals surface area contributed by atoms with Gasteiger partial charge in [-0.1, -0.05) is 6.07 Å². The fourth-order valence-corrected chi connectivity index (χ4v) is 2.61. The van der Waals surface area contributed by atoms with Gasteiger partial charge in [-0.05, 0) is 37.2 Å². The van der Waals surface area contributed by atoms with Crippen LogP contribution in [-0.4, -0.2) is 19.1 Å². The number of nitrogens with zero attached hydrogens (tertiary/aromatic N) is 1. The number of halogens is 2. The van der Waals surface area contributed by atoms with Crippen LogP contribution in [0.1, 0.15) is 17.5 Å². The second-order valence-electron chi connectivity index (χ2n) is 5.69. The number of ether oxygens (including phenoxy) is 1. The molecule has 2 N–H and O–H groups in total. The van der Waals surface area contributed by atoms with Gasteiger partial charge in [-0.25, -0.2) is 8.78 Å². The Bertz CT molecular complexity index is 767. The van der Waals surface area contributed by atoms with E-state index in [-0.39, 0.29) is 23.5 Å². The number of hydrogen-bond acceptors (Lipinski definition) is 4. The minimum Gasteiger partial charge on any atom is -0.486 e. The van der Waals surface area contributed by atoms with Crippen molar-refractivity contribution in [3.8, 4) is 11.8 Å². The first-order valence-corrected chi connectivity index (χ1v) is 7.74. The predicted octanol–water partition coefficient (Wildman–Crippen LogP) is 3.19. The molecule has 0 saturated carbocycles. The summed E-state index contributed by atoms with van der Waals surface area (Å²) in [5, 5.41) is 15.3. The average molecular weight is 329 g/mol. The van der Waals surface area contributed by atoms with Crippen LogP contribution in [0.2, 0.25) is 0 Å². The summed E-state index contributed by atoms with van der Waals surface area (Å²) in [5.74, 6) is -0.977. The topological polar surface area (TPSA) is 57.1 Å². The van der Waals surface area contributed by atoms with Crippen molar-refractivity contribution in [2.45, 2.75) is 19.1 Å². The number of rotatable bonds is 5. The van der Waals surface area contributed by atoms with Crippen LogP contribution in [-0.2, 0) is 6.61 Å². The Morgan fingerprint density at radius 2 is 2.08 bits per heavy atom. The monoisotopic (exact) mass is 329 g/mol. The molecule has 0 bridgehead atoms. The highest BCUT2D eigenvalue weighted by atomic mass is 19.1. The summed E-state index contributed by atoms with van der Waals surface area (Å²) < 4.78 is 33.2. The first-order chi connectivity index (χ1) is 11.7. The van der Waals surface area contributed by atoms with Crippen LogP contribution in [0.5, 0.6) is 5.75 Å². The van der Waals surface area contributed by atoms with Crippen LogP contribution in [0.4, 0.5) is 14.5 Å². The molecular weight excluding hydrogens is 312 g/mol. The number of hydrogen-bond donors (Lipinski definition) is 2. The van der Waals surface area contributed by atoms with Crippen molar-refractivity contribution >= 4 is 5.69 Å². The van der Waals surface area contributed by atoms with Gasteiger partial charge in [0.1, 0.15) is 12.4 Å². The molecule has 0 amide bonds. The van der Waals surface area contributed by atoms with Crippen LogP contribution in [0.25, 0.3) is 0 Å². The number of nitrogens with one attached hydrogen (secondary N) is 2. The van der Waals surface area contributed by atoms with Gasteiger partial charge in [-0.2, -0.15) is 5.26 Å². The Morgan fingerprint density at radius 3 is 2.79 bits per heavy atom. The van der Waals surface area contributed by atoms with Crippen molar-refractivity contribution in [1.29, 1.82) is 5.26 Å². The predicted molar refractivity (Wildman–Crippen MR) is 86.7 cm³/mol. The summed E-state index contributed by atoms with van der Waals surface area (Å²) in [6.45, 7) is 1.72. The van der Waals surface area contributed by atoms with Crippen molar-refractivity contribution in [2.75, 3.05) is 18.4 Å². The molecule has 1 aliphatic heterocycles. The molecule has 1 aliphatic rings. The minimum absolute atomic E-state index is 0.0646. The van der Waals surface area contributed by atoms with Gasteiger partial charge < -0.3 is 15.4 Å². The van der Waals surface area contributed by atoms with E-state index >= 15 is 0 Å². The molecule has 124 valence electrons. The lowest BCUT2D eigenvalue weighted by Crippen LogP contribution is -2.22. The van der Waals surface area contributed by atoms with E-state index in [1.807, 2.05) is 6.07 Å². The zero-order valence-electron chi connectivity index (χ0n) is 13.0. The summed E-state index contributed by atoms with van der Waals surface area (Å²) in [4.78, 5) is 0. The Hall–Kier alpha value is -2.65. The lowest BCUT2D eigenvalue weighted by molar-refractivity contribution is 0.285. The summed E-state index contributed by atoms with van der Waals surface area (Å²) in [5.41, 5.74) is 1.27. The molecule has 4 nitrogen and oxygen atoms in total. The SMILES string of the molecule is N#Cc1ccc(COc2cc(N[C@@H]3CCNC3)ccc2F)c(F)c1. The van der Waals surface area contributed by atoms with Gasteiger partial charge in [-0.15, -0.1) is 0 Å². The van der Waals surface area contributed by atoms with E-state index in [0.29, 0.717) is 6.04 Å². The zero-order chi connectivity index (χ0) is 16.9. The molecule has 2 aromatic carbocycles.